The van der Waals surface area contributed by atoms with Crippen molar-refractivity contribution in [3.05, 3.63) is 23.8 Å². The van der Waals surface area contributed by atoms with E-state index in [0.717, 1.165) is 37.7 Å². The molecule has 3 saturated carbocycles. The van der Waals surface area contributed by atoms with Gasteiger partial charge >= 0.3 is 0 Å². The molecule has 0 bridgehead atoms. The van der Waals surface area contributed by atoms with Gasteiger partial charge in [-0.25, -0.2) is 0 Å². The van der Waals surface area contributed by atoms with Crippen molar-refractivity contribution in [3.63, 3.8) is 0 Å². The van der Waals surface area contributed by atoms with Crippen LogP contribution in [0.3, 0.4) is 0 Å². The zero-order chi connectivity index (χ0) is 29.2. The predicted molar refractivity (Wildman–Crippen MR) is 150 cm³/mol. The van der Waals surface area contributed by atoms with E-state index in [1.54, 1.807) is 17.1 Å². The Kier molecular flexibility index (Phi) is 7.59. The van der Waals surface area contributed by atoms with E-state index in [9.17, 15) is 19.5 Å². The number of piperidine rings is 1. The lowest BCUT2D eigenvalue weighted by atomic mass is 9.46. The number of ether oxygens (including phenoxy) is 3. The van der Waals surface area contributed by atoms with Crippen LogP contribution in [0.1, 0.15) is 78.6 Å². The number of likely N-dealkylation sites (tertiary alicyclic amines) is 1. The number of nitrogens with zero attached hydrogens (tertiary/aromatic N) is 1. The fourth-order valence-electron chi connectivity index (χ4n) is 9.76. The van der Waals surface area contributed by atoms with Gasteiger partial charge in [-0.3, -0.25) is 14.4 Å². The van der Waals surface area contributed by atoms with Crippen molar-refractivity contribution in [3.8, 4) is 0 Å². The van der Waals surface area contributed by atoms with E-state index in [2.05, 4.69) is 20.8 Å². The highest BCUT2D eigenvalue weighted by atomic mass is 16.7. The number of nitrogens with two attached hydrogens (primary N) is 1. The summed E-state index contributed by atoms with van der Waals surface area (Å²) in [6.45, 7) is 6.64. The number of ketones is 2. The second-order valence-corrected chi connectivity index (χ2v) is 13.6. The van der Waals surface area contributed by atoms with Gasteiger partial charge in [-0.05, 0) is 75.4 Å². The Balaban J connectivity index is 1.30. The lowest BCUT2D eigenvalue weighted by molar-refractivity contribution is -0.204. The maximum atomic E-state index is 14.4. The molecule has 6 aliphatic rings. The molecule has 2 saturated heterocycles. The molecule has 0 aromatic carbocycles. The van der Waals surface area contributed by atoms with Crippen LogP contribution < -0.4 is 5.73 Å². The first-order valence-electron chi connectivity index (χ1n) is 15.7. The molecule has 226 valence electrons. The first kappa shape index (κ1) is 29.2. The second-order valence-electron chi connectivity index (χ2n) is 13.6. The van der Waals surface area contributed by atoms with E-state index in [1.165, 1.54) is 0 Å². The van der Waals surface area contributed by atoms with Crippen molar-refractivity contribution in [2.75, 3.05) is 19.7 Å². The van der Waals surface area contributed by atoms with Crippen molar-refractivity contribution in [2.24, 2.45) is 34.3 Å². The fraction of sp³-hybridized carbons (Fsp3) is 0.781. The smallest absolute Gasteiger partial charge is 0.238 e. The van der Waals surface area contributed by atoms with Gasteiger partial charge in [-0.1, -0.05) is 38.8 Å². The number of carbonyl (C=O) groups is 3. The molecule has 10 atom stereocenters. The van der Waals surface area contributed by atoms with Gasteiger partial charge in [0.05, 0.1) is 18.8 Å². The van der Waals surface area contributed by atoms with Gasteiger partial charge in [-0.15, -0.1) is 0 Å². The lowest BCUT2D eigenvalue weighted by Gasteiger charge is -2.59. The minimum absolute atomic E-state index is 0.0134. The summed E-state index contributed by atoms with van der Waals surface area (Å²) in [5.41, 5.74) is 4.49. The van der Waals surface area contributed by atoms with E-state index in [4.69, 9.17) is 19.9 Å². The summed E-state index contributed by atoms with van der Waals surface area (Å²) in [5.74, 6) is -0.0901. The average molecular weight is 571 g/mol. The first-order chi connectivity index (χ1) is 19.6. The highest BCUT2D eigenvalue weighted by Gasteiger charge is 2.75. The number of Topliss-reactive ketones (excluding diaryl/α,β-unsaturated/α-hetero) is 1. The van der Waals surface area contributed by atoms with Crippen LogP contribution in [0.15, 0.2) is 23.8 Å². The highest BCUT2D eigenvalue weighted by Crippen LogP contribution is 2.69. The normalized spacial score (nSPS) is 45.0. The van der Waals surface area contributed by atoms with Crippen molar-refractivity contribution in [1.29, 1.82) is 0 Å². The maximum absolute atomic E-state index is 14.4. The van der Waals surface area contributed by atoms with Crippen LogP contribution in [0.25, 0.3) is 0 Å². The topological polar surface area (TPSA) is 128 Å². The third-order valence-corrected chi connectivity index (χ3v) is 11.6. The average Bonchev–Trinajstić information content (AvgIpc) is 3.43. The standard InChI is InChI=1S/C32H46N2O7/c1-4-7-28-40-25-15-22-21-10-9-19-14-20(35)11-12-30(19,2)29(21)23(36)16-31(22,3)32(25,41-28)24(37)18-39-27-8-5-6-13-34(27)26(38)17-33/h11-12,14,21-23,25,27-29,36H,4-10,13,15-18,33H2,1-3H3/t21-,22-,23-,25+,27?,28?,29+,30-,31-,32+/m0/s1. The summed E-state index contributed by atoms with van der Waals surface area (Å²) in [5, 5.41) is 11.9. The van der Waals surface area contributed by atoms with Crippen LogP contribution in [-0.4, -0.2) is 77.5 Å². The molecule has 2 heterocycles. The van der Waals surface area contributed by atoms with E-state index in [1.807, 2.05) is 6.08 Å². The Morgan fingerprint density at radius 2 is 2.05 bits per heavy atom. The molecule has 9 heteroatoms. The maximum Gasteiger partial charge on any atom is 0.238 e. The molecule has 2 aliphatic heterocycles. The van der Waals surface area contributed by atoms with Crippen molar-refractivity contribution >= 4 is 17.5 Å². The molecule has 4 aliphatic carbocycles. The number of allylic oxidation sites excluding steroid dienone is 4. The third-order valence-electron chi connectivity index (χ3n) is 11.6. The molecule has 9 nitrogen and oxygen atoms in total. The molecule has 41 heavy (non-hydrogen) atoms. The third kappa shape index (κ3) is 4.33. The minimum Gasteiger partial charge on any atom is -0.393 e. The van der Waals surface area contributed by atoms with E-state index in [0.29, 0.717) is 32.2 Å². The zero-order valence-corrected chi connectivity index (χ0v) is 24.7. The number of hydrogen-bond donors (Lipinski definition) is 2. The number of carbonyl (C=O) groups excluding carboxylic acids is 3. The minimum atomic E-state index is -1.23. The van der Waals surface area contributed by atoms with Gasteiger partial charge in [0.25, 0.3) is 0 Å². The molecule has 5 fully saturated rings. The van der Waals surface area contributed by atoms with Crippen LogP contribution in [0.5, 0.6) is 0 Å². The number of aliphatic hydroxyl groups is 1. The Morgan fingerprint density at radius 1 is 1.24 bits per heavy atom. The van der Waals surface area contributed by atoms with Crippen LogP contribution in [0, 0.1) is 28.6 Å². The van der Waals surface area contributed by atoms with E-state index in [-0.39, 0.29) is 53.8 Å². The molecule has 0 aromatic rings. The molecule has 3 N–H and O–H groups in total. The van der Waals surface area contributed by atoms with Gasteiger partial charge in [0.15, 0.2) is 23.5 Å². The Morgan fingerprint density at radius 3 is 2.80 bits per heavy atom. The van der Waals surface area contributed by atoms with Crippen LogP contribution in [0.2, 0.25) is 0 Å². The zero-order valence-electron chi connectivity index (χ0n) is 24.7. The predicted octanol–water partition coefficient (Wildman–Crippen LogP) is 3.04. The largest absolute Gasteiger partial charge is 0.393 e. The summed E-state index contributed by atoms with van der Waals surface area (Å²) >= 11 is 0. The van der Waals surface area contributed by atoms with Gasteiger partial charge in [0.1, 0.15) is 12.8 Å². The van der Waals surface area contributed by atoms with Crippen LogP contribution in [-0.2, 0) is 28.6 Å². The van der Waals surface area contributed by atoms with Crippen LogP contribution in [0.4, 0.5) is 0 Å². The van der Waals surface area contributed by atoms with Crippen LogP contribution >= 0.6 is 0 Å². The molecule has 6 rings (SSSR count). The first-order valence-corrected chi connectivity index (χ1v) is 15.7. The molecular formula is C32H46N2O7. The van der Waals surface area contributed by atoms with Gasteiger partial charge in [0, 0.05) is 23.3 Å². The lowest BCUT2D eigenvalue weighted by Crippen LogP contribution is -2.64. The van der Waals surface area contributed by atoms with Gasteiger partial charge in [-0.2, -0.15) is 0 Å². The number of rotatable bonds is 7. The van der Waals surface area contributed by atoms with Crippen molar-refractivity contribution < 1.29 is 33.7 Å². The summed E-state index contributed by atoms with van der Waals surface area (Å²) in [4.78, 5) is 40.7. The van der Waals surface area contributed by atoms with Crippen molar-refractivity contribution in [1.82, 2.24) is 4.90 Å². The molecule has 1 amide bonds. The second kappa shape index (κ2) is 10.7. The molecular weight excluding hydrogens is 524 g/mol. The van der Waals surface area contributed by atoms with Gasteiger partial charge < -0.3 is 30.0 Å². The number of amides is 1. The number of fused-ring (bicyclic) bond motifs is 7. The summed E-state index contributed by atoms with van der Waals surface area (Å²) in [6, 6.07) is 0. The molecule has 2 unspecified atom stereocenters. The van der Waals surface area contributed by atoms with E-state index < -0.39 is 35.7 Å². The summed E-state index contributed by atoms with van der Waals surface area (Å²) in [6.07, 6.45) is 10.1. The SMILES string of the molecule is CCCC1O[C@@H]2C[C@H]3[C@@H]4CCC5=CC(=O)C=C[C@]5(C)[C@H]4[C@@H](O)C[C@]3(C)[C@]2(C(=O)COC2CCCCN2C(=O)CN)O1. The highest BCUT2D eigenvalue weighted by molar-refractivity contribution is 6.01. The molecule has 0 aromatic heterocycles. The summed E-state index contributed by atoms with van der Waals surface area (Å²) in [7, 11) is 0. The quantitative estimate of drug-likeness (QED) is 0.478. The van der Waals surface area contributed by atoms with Crippen molar-refractivity contribution in [2.45, 2.75) is 109 Å². The fourth-order valence-corrected chi connectivity index (χ4v) is 9.76. The monoisotopic (exact) mass is 570 g/mol. The molecule has 0 spiro atoms. The summed E-state index contributed by atoms with van der Waals surface area (Å²) < 4.78 is 19.4. The number of aliphatic hydroxyl groups excluding tert-OH is 1. The Hall–Kier alpha value is -1.91. The molecule has 0 radical (unpaired) electrons. The number of hydrogen-bond acceptors (Lipinski definition) is 8. The Bertz CT molecular complexity index is 1150. The van der Waals surface area contributed by atoms with Gasteiger partial charge in [0.2, 0.25) is 5.91 Å². The Labute approximate surface area is 242 Å². The van der Waals surface area contributed by atoms with E-state index >= 15 is 0 Å².